The summed E-state index contributed by atoms with van der Waals surface area (Å²) in [5, 5.41) is 3.02. The van der Waals surface area contributed by atoms with Gasteiger partial charge in [-0.25, -0.2) is 0 Å². The zero-order chi connectivity index (χ0) is 18.6. The lowest BCUT2D eigenvalue weighted by molar-refractivity contribution is -0.127. The van der Waals surface area contributed by atoms with Crippen molar-refractivity contribution >= 4 is 11.8 Å². The number of methoxy groups -OCH3 is 2. The van der Waals surface area contributed by atoms with Crippen LogP contribution in [0.2, 0.25) is 0 Å². The molecule has 1 aliphatic rings. The van der Waals surface area contributed by atoms with E-state index in [9.17, 15) is 9.59 Å². The highest BCUT2D eigenvalue weighted by atomic mass is 16.5. The minimum atomic E-state index is -0.241. The predicted molar refractivity (Wildman–Crippen MR) is 96.1 cm³/mol. The van der Waals surface area contributed by atoms with Crippen molar-refractivity contribution in [1.82, 2.24) is 10.2 Å². The van der Waals surface area contributed by atoms with Crippen LogP contribution in [0.25, 0.3) is 0 Å². The largest absolute Gasteiger partial charge is 0.496 e. The predicted octanol–water partition coefficient (Wildman–Crippen LogP) is 2.47. The van der Waals surface area contributed by atoms with E-state index < -0.39 is 0 Å². The fraction of sp³-hybridized carbons (Fsp3) is 0.579. The van der Waals surface area contributed by atoms with E-state index in [1.54, 1.807) is 23.1 Å². The molecule has 0 aliphatic carbocycles. The van der Waals surface area contributed by atoms with Gasteiger partial charge in [0.15, 0.2) is 0 Å². The van der Waals surface area contributed by atoms with Crippen LogP contribution in [0.4, 0.5) is 0 Å². The molecule has 0 spiro atoms. The standard InChI is InChI=1S/C19H28N2O4/c1-19(2,3)20-17(22)13-9-11-21(12-10-13)18(23)16-14(24-4)7-6-8-15(16)25-5/h6-8,13H,9-12H2,1-5H3,(H,20,22). The molecule has 1 aliphatic heterocycles. The summed E-state index contributed by atoms with van der Waals surface area (Å²) in [4.78, 5) is 27.0. The fourth-order valence-corrected chi connectivity index (χ4v) is 3.04. The van der Waals surface area contributed by atoms with Crippen LogP contribution in [-0.2, 0) is 4.79 Å². The van der Waals surface area contributed by atoms with E-state index >= 15 is 0 Å². The van der Waals surface area contributed by atoms with Crippen LogP contribution >= 0.6 is 0 Å². The third-order valence-electron chi connectivity index (χ3n) is 4.29. The van der Waals surface area contributed by atoms with Crippen LogP contribution in [0.1, 0.15) is 44.0 Å². The molecule has 138 valence electrons. The van der Waals surface area contributed by atoms with Crippen LogP contribution in [0, 0.1) is 5.92 Å². The first-order valence-electron chi connectivity index (χ1n) is 8.59. The molecular formula is C19H28N2O4. The second kappa shape index (κ2) is 7.76. The molecule has 0 saturated carbocycles. The number of rotatable bonds is 4. The van der Waals surface area contributed by atoms with Gasteiger partial charge in [-0.15, -0.1) is 0 Å². The van der Waals surface area contributed by atoms with Gasteiger partial charge < -0.3 is 19.7 Å². The Hall–Kier alpha value is -2.24. The van der Waals surface area contributed by atoms with E-state index in [2.05, 4.69) is 5.32 Å². The first-order chi connectivity index (χ1) is 11.8. The number of amides is 2. The van der Waals surface area contributed by atoms with Crippen molar-refractivity contribution in [2.75, 3.05) is 27.3 Å². The number of likely N-dealkylation sites (tertiary alicyclic amines) is 1. The van der Waals surface area contributed by atoms with E-state index in [1.807, 2.05) is 20.8 Å². The summed E-state index contributed by atoms with van der Waals surface area (Å²) < 4.78 is 10.6. The normalized spacial score (nSPS) is 15.6. The molecule has 0 atom stereocenters. The van der Waals surface area contributed by atoms with Crippen LogP contribution in [0.3, 0.4) is 0 Å². The molecule has 0 unspecified atom stereocenters. The summed E-state index contributed by atoms with van der Waals surface area (Å²) in [5.74, 6) is 0.884. The van der Waals surface area contributed by atoms with Crippen molar-refractivity contribution in [1.29, 1.82) is 0 Å². The molecule has 0 bridgehead atoms. The van der Waals surface area contributed by atoms with Crippen molar-refractivity contribution < 1.29 is 19.1 Å². The van der Waals surface area contributed by atoms with Crippen LogP contribution in [0.15, 0.2) is 18.2 Å². The molecule has 1 aromatic carbocycles. The van der Waals surface area contributed by atoms with Gasteiger partial charge in [0, 0.05) is 24.5 Å². The second-order valence-corrected chi connectivity index (χ2v) is 7.34. The SMILES string of the molecule is COc1cccc(OC)c1C(=O)N1CCC(C(=O)NC(C)(C)C)CC1. The first-order valence-corrected chi connectivity index (χ1v) is 8.59. The molecule has 25 heavy (non-hydrogen) atoms. The van der Waals surface area contributed by atoms with E-state index in [0.717, 1.165) is 0 Å². The van der Waals surface area contributed by atoms with Crippen molar-refractivity contribution in [3.63, 3.8) is 0 Å². The average molecular weight is 348 g/mol. The number of carbonyl (C=O) groups is 2. The van der Waals surface area contributed by atoms with Gasteiger partial charge in [0.25, 0.3) is 5.91 Å². The Morgan fingerprint density at radius 2 is 1.60 bits per heavy atom. The Morgan fingerprint density at radius 3 is 2.04 bits per heavy atom. The van der Waals surface area contributed by atoms with Gasteiger partial charge in [-0.2, -0.15) is 0 Å². The summed E-state index contributed by atoms with van der Waals surface area (Å²) in [7, 11) is 3.07. The molecular weight excluding hydrogens is 320 g/mol. The molecule has 6 heteroatoms. The topological polar surface area (TPSA) is 67.9 Å². The summed E-state index contributed by atoms with van der Waals surface area (Å²) in [6.45, 7) is 7.00. The Bertz CT molecular complexity index is 607. The van der Waals surface area contributed by atoms with Crippen LogP contribution in [-0.4, -0.2) is 49.6 Å². The molecule has 0 radical (unpaired) electrons. The van der Waals surface area contributed by atoms with Crippen LogP contribution in [0.5, 0.6) is 11.5 Å². The Balaban J connectivity index is 2.06. The molecule has 0 aromatic heterocycles. The summed E-state index contributed by atoms with van der Waals surface area (Å²) in [5.41, 5.74) is 0.194. The second-order valence-electron chi connectivity index (χ2n) is 7.34. The molecule has 2 amide bonds. The van der Waals surface area contributed by atoms with E-state index in [4.69, 9.17) is 9.47 Å². The molecule has 1 fully saturated rings. The van der Waals surface area contributed by atoms with E-state index in [1.165, 1.54) is 14.2 Å². The summed E-state index contributed by atoms with van der Waals surface area (Å²) in [6, 6.07) is 5.29. The maximum Gasteiger partial charge on any atom is 0.261 e. The third-order valence-corrected chi connectivity index (χ3v) is 4.29. The lowest BCUT2D eigenvalue weighted by Gasteiger charge is -2.33. The number of nitrogens with one attached hydrogen (secondary N) is 1. The minimum Gasteiger partial charge on any atom is -0.496 e. The van der Waals surface area contributed by atoms with Gasteiger partial charge in [-0.05, 0) is 45.7 Å². The van der Waals surface area contributed by atoms with E-state index in [0.29, 0.717) is 43.0 Å². The Labute approximate surface area is 149 Å². The smallest absolute Gasteiger partial charge is 0.261 e. The average Bonchev–Trinajstić information content (AvgIpc) is 2.59. The number of piperidine rings is 1. The summed E-state index contributed by atoms with van der Waals surface area (Å²) in [6.07, 6.45) is 1.32. The molecule has 6 nitrogen and oxygen atoms in total. The lowest BCUT2D eigenvalue weighted by Crippen LogP contribution is -2.47. The van der Waals surface area contributed by atoms with Gasteiger partial charge in [0.1, 0.15) is 17.1 Å². The lowest BCUT2D eigenvalue weighted by atomic mass is 9.94. The first kappa shape index (κ1) is 19.1. The van der Waals surface area contributed by atoms with Crippen molar-refractivity contribution in [2.24, 2.45) is 5.92 Å². The van der Waals surface area contributed by atoms with Crippen molar-refractivity contribution in [3.8, 4) is 11.5 Å². The van der Waals surface area contributed by atoms with Crippen molar-refractivity contribution in [3.05, 3.63) is 23.8 Å². The molecule has 1 aromatic rings. The Kier molecular flexibility index (Phi) is 5.93. The monoisotopic (exact) mass is 348 g/mol. The minimum absolute atomic E-state index is 0.0529. The number of hydrogen-bond donors (Lipinski definition) is 1. The van der Waals surface area contributed by atoms with Gasteiger partial charge in [-0.1, -0.05) is 6.07 Å². The number of ether oxygens (including phenoxy) is 2. The quantitative estimate of drug-likeness (QED) is 0.908. The molecule has 1 saturated heterocycles. The maximum atomic E-state index is 12.9. The molecule has 2 rings (SSSR count). The van der Waals surface area contributed by atoms with E-state index in [-0.39, 0.29) is 23.3 Å². The Morgan fingerprint density at radius 1 is 1.08 bits per heavy atom. The zero-order valence-electron chi connectivity index (χ0n) is 15.7. The highest BCUT2D eigenvalue weighted by Gasteiger charge is 2.31. The van der Waals surface area contributed by atoms with Gasteiger partial charge in [-0.3, -0.25) is 9.59 Å². The highest BCUT2D eigenvalue weighted by Crippen LogP contribution is 2.31. The third kappa shape index (κ3) is 4.65. The molecule has 1 N–H and O–H groups in total. The van der Waals surface area contributed by atoms with Gasteiger partial charge >= 0.3 is 0 Å². The fourth-order valence-electron chi connectivity index (χ4n) is 3.04. The van der Waals surface area contributed by atoms with Crippen molar-refractivity contribution in [2.45, 2.75) is 39.2 Å². The molecule has 1 heterocycles. The number of nitrogens with zero attached hydrogens (tertiary/aromatic N) is 1. The number of carbonyl (C=O) groups excluding carboxylic acids is 2. The zero-order valence-corrected chi connectivity index (χ0v) is 15.7. The highest BCUT2D eigenvalue weighted by molar-refractivity contribution is 6.00. The van der Waals surface area contributed by atoms with Gasteiger partial charge in [0.2, 0.25) is 5.91 Å². The number of hydrogen-bond acceptors (Lipinski definition) is 4. The number of benzene rings is 1. The maximum absolute atomic E-state index is 12.9. The van der Waals surface area contributed by atoms with Gasteiger partial charge in [0.05, 0.1) is 14.2 Å². The summed E-state index contributed by atoms with van der Waals surface area (Å²) >= 11 is 0. The van der Waals surface area contributed by atoms with Crippen LogP contribution < -0.4 is 14.8 Å².